The molecular formula is C18H15N5O2. The molecule has 0 aliphatic carbocycles. The van der Waals surface area contributed by atoms with E-state index in [9.17, 15) is 9.59 Å². The molecule has 0 fully saturated rings. The van der Waals surface area contributed by atoms with Crippen LogP contribution in [-0.2, 0) is 17.9 Å². The van der Waals surface area contributed by atoms with E-state index in [4.69, 9.17) is 0 Å². The smallest absolute Gasteiger partial charge is 0.275 e. The van der Waals surface area contributed by atoms with Gasteiger partial charge in [0.2, 0.25) is 5.91 Å². The molecule has 0 aliphatic rings. The highest BCUT2D eigenvalue weighted by molar-refractivity contribution is 5.81. The molecule has 25 heavy (non-hydrogen) atoms. The summed E-state index contributed by atoms with van der Waals surface area (Å²) < 4.78 is 1.16. The van der Waals surface area contributed by atoms with Gasteiger partial charge in [-0.05, 0) is 18.2 Å². The summed E-state index contributed by atoms with van der Waals surface area (Å²) in [4.78, 5) is 32.0. The van der Waals surface area contributed by atoms with Gasteiger partial charge in [0, 0.05) is 5.39 Å². The topological polar surface area (TPSA) is 92.7 Å². The van der Waals surface area contributed by atoms with Gasteiger partial charge >= 0.3 is 0 Å². The number of imidazole rings is 1. The van der Waals surface area contributed by atoms with Crippen molar-refractivity contribution >= 4 is 27.7 Å². The largest absolute Gasteiger partial charge is 0.347 e. The first-order chi connectivity index (χ1) is 12.2. The highest BCUT2D eigenvalue weighted by Gasteiger charge is 2.09. The number of H-pyrrole nitrogens is 1. The third kappa shape index (κ3) is 2.99. The lowest BCUT2D eigenvalue weighted by Crippen LogP contribution is -2.33. The Morgan fingerprint density at radius 3 is 2.80 bits per heavy atom. The number of nitrogens with one attached hydrogen (secondary N) is 2. The predicted molar refractivity (Wildman–Crippen MR) is 93.9 cm³/mol. The van der Waals surface area contributed by atoms with Crippen molar-refractivity contribution in [3.05, 3.63) is 70.9 Å². The van der Waals surface area contributed by atoms with E-state index >= 15 is 0 Å². The summed E-state index contributed by atoms with van der Waals surface area (Å²) in [7, 11) is 0. The van der Waals surface area contributed by atoms with Gasteiger partial charge in [0.1, 0.15) is 12.4 Å². The lowest BCUT2D eigenvalue weighted by Gasteiger charge is -2.06. The number of hydrogen-bond donors (Lipinski definition) is 2. The van der Waals surface area contributed by atoms with E-state index in [-0.39, 0.29) is 24.6 Å². The molecule has 0 spiro atoms. The number of amides is 1. The average Bonchev–Trinajstić information content (AvgIpc) is 3.06. The van der Waals surface area contributed by atoms with Gasteiger partial charge in [-0.25, -0.2) is 9.67 Å². The molecule has 1 amide bonds. The minimum Gasteiger partial charge on any atom is -0.347 e. The van der Waals surface area contributed by atoms with Gasteiger partial charge in [-0.15, -0.1) is 0 Å². The van der Waals surface area contributed by atoms with Crippen molar-refractivity contribution in [2.45, 2.75) is 13.1 Å². The summed E-state index contributed by atoms with van der Waals surface area (Å²) in [5.41, 5.74) is 1.48. The van der Waals surface area contributed by atoms with Gasteiger partial charge in [-0.1, -0.05) is 30.3 Å². The van der Waals surface area contributed by atoms with E-state index < -0.39 is 0 Å². The van der Waals surface area contributed by atoms with E-state index in [2.05, 4.69) is 20.4 Å². The second kappa shape index (κ2) is 6.20. The summed E-state index contributed by atoms with van der Waals surface area (Å²) in [6, 6.07) is 14.8. The Hall–Kier alpha value is -3.48. The molecule has 7 nitrogen and oxygen atoms in total. The predicted octanol–water partition coefficient (Wildman–Crippen LogP) is 1.59. The van der Waals surface area contributed by atoms with Gasteiger partial charge in [-0.3, -0.25) is 9.59 Å². The van der Waals surface area contributed by atoms with Crippen molar-refractivity contribution in [2.75, 3.05) is 0 Å². The van der Waals surface area contributed by atoms with Crippen LogP contribution in [-0.4, -0.2) is 25.7 Å². The Kier molecular flexibility index (Phi) is 3.74. The van der Waals surface area contributed by atoms with E-state index in [1.807, 2.05) is 36.4 Å². The number of para-hydroxylation sites is 2. The highest BCUT2D eigenvalue weighted by atomic mass is 16.2. The molecule has 0 unspecified atom stereocenters. The minimum atomic E-state index is -0.301. The number of hydrogen-bond acceptors (Lipinski definition) is 4. The maximum atomic E-state index is 12.4. The number of carbonyl (C=O) groups excluding carboxylic acids is 1. The molecule has 124 valence electrons. The highest BCUT2D eigenvalue weighted by Crippen LogP contribution is 2.10. The summed E-state index contributed by atoms with van der Waals surface area (Å²) in [6.07, 6.45) is 1.59. The van der Waals surface area contributed by atoms with Crippen LogP contribution in [0.5, 0.6) is 0 Å². The zero-order valence-corrected chi connectivity index (χ0v) is 13.3. The van der Waals surface area contributed by atoms with E-state index in [1.54, 1.807) is 18.3 Å². The molecule has 7 heteroatoms. The third-order valence-corrected chi connectivity index (χ3v) is 3.95. The van der Waals surface area contributed by atoms with Crippen LogP contribution in [0.25, 0.3) is 21.8 Å². The molecule has 2 aromatic heterocycles. The quantitative estimate of drug-likeness (QED) is 0.593. The van der Waals surface area contributed by atoms with E-state index in [0.29, 0.717) is 11.2 Å². The first-order valence-corrected chi connectivity index (χ1v) is 7.86. The van der Waals surface area contributed by atoms with Crippen molar-refractivity contribution < 1.29 is 4.79 Å². The fourth-order valence-corrected chi connectivity index (χ4v) is 2.70. The van der Waals surface area contributed by atoms with Crippen molar-refractivity contribution in [1.29, 1.82) is 0 Å². The van der Waals surface area contributed by atoms with Gasteiger partial charge in [-0.2, -0.15) is 5.10 Å². The van der Waals surface area contributed by atoms with E-state index in [1.165, 1.54) is 0 Å². The monoisotopic (exact) mass is 333 g/mol. The van der Waals surface area contributed by atoms with Crippen molar-refractivity contribution in [3.63, 3.8) is 0 Å². The molecular weight excluding hydrogens is 318 g/mol. The van der Waals surface area contributed by atoms with Crippen molar-refractivity contribution in [1.82, 2.24) is 25.1 Å². The SMILES string of the molecule is O=C(Cn1ncc2ccccc2c1=O)NCc1nc2ccccc2[nH]1. The Morgan fingerprint density at radius 2 is 1.92 bits per heavy atom. The average molecular weight is 333 g/mol. The molecule has 0 bridgehead atoms. The molecule has 0 atom stereocenters. The summed E-state index contributed by atoms with van der Waals surface area (Å²) in [6.45, 7) is 0.125. The van der Waals surface area contributed by atoms with Crippen LogP contribution in [0.1, 0.15) is 5.82 Å². The molecule has 0 radical (unpaired) electrons. The van der Waals surface area contributed by atoms with Crippen LogP contribution in [0.4, 0.5) is 0 Å². The number of benzene rings is 2. The fourth-order valence-electron chi connectivity index (χ4n) is 2.70. The first-order valence-electron chi connectivity index (χ1n) is 7.86. The summed E-state index contributed by atoms with van der Waals surface area (Å²) in [5.74, 6) is 0.360. The molecule has 2 aromatic carbocycles. The second-order valence-corrected chi connectivity index (χ2v) is 5.67. The van der Waals surface area contributed by atoms with Gasteiger partial charge in [0.15, 0.2) is 0 Å². The fraction of sp³-hybridized carbons (Fsp3) is 0.111. The van der Waals surface area contributed by atoms with Crippen LogP contribution in [0.2, 0.25) is 0 Å². The lowest BCUT2D eigenvalue weighted by atomic mass is 10.2. The number of carbonyl (C=O) groups is 1. The summed E-state index contributed by atoms with van der Waals surface area (Å²) >= 11 is 0. The molecule has 0 aliphatic heterocycles. The molecule has 2 N–H and O–H groups in total. The Bertz CT molecular complexity index is 1100. The Labute approximate surface area is 142 Å². The van der Waals surface area contributed by atoms with Crippen LogP contribution in [0.3, 0.4) is 0 Å². The van der Waals surface area contributed by atoms with Crippen molar-refractivity contribution in [3.8, 4) is 0 Å². The van der Waals surface area contributed by atoms with Crippen LogP contribution >= 0.6 is 0 Å². The number of fused-ring (bicyclic) bond motifs is 2. The third-order valence-electron chi connectivity index (χ3n) is 3.95. The van der Waals surface area contributed by atoms with Gasteiger partial charge in [0.05, 0.1) is 29.2 Å². The zero-order valence-electron chi connectivity index (χ0n) is 13.3. The summed E-state index contributed by atoms with van der Waals surface area (Å²) in [5, 5.41) is 8.11. The Morgan fingerprint density at radius 1 is 1.12 bits per heavy atom. The maximum absolute atomic E-state index is 12.4. The Balaban J connectivity index is 1.47. The number of aromatic nitrogens is 4. The second-order valence-electron chi connectivity index (χ2n) is 5.67. The lowest BCUT2D eigenvalue weighted by molar-refractivity contribution is -0.122. The van der Waals surface area contributed by atoms with Gasteiger partial charge < -0.3 is 10.3 Å². The molecule has 0 saturated heterocycles. The number of rotatable bonds is 4. The number of aromatic amines is 1. The maximum Gasteiger partial charge on any atom is 0.275 e. The van der Waals surface area contributed by atoms with Crippen LogP contribution in [0.15, 0.2) is 59.5 Å². The normalized spacial score (nSPS) is 11.0. The molecule has 4 rings (SSSR count). The van der Waals surface area contributed by atoms with Crippen molar-refractivity contribution in [2.24, 2.45) is 0 Å². The first kappa shape index (κ1) is 15.1. The number of nitrogens with zero attached hydrogens (tertiary/aromatic N) is 3. The standard InChI is InChI=1S/C18H15N5O2/c24-17(19-10-16-21-14-7-3-4-8-15(14)22-16)11-23-18(25)13-6-2-1-5-12(13)9-20-23/h1-9H,10-11H2,(H,19,24)(H,21,22). The van der Waals surface area contributed by atoms with Gasteiger partial charge in [0.25, 0.3) is 5.56 Å². The van der Waals surface area contributed by atoms with Crippen LogP contribution < -0.4 is 10.9 Å². The molecule has 0 saturated carbocycles. The molecule has 4 aromatic rings. The minimum absolute atomic E-state index is 0.135. The molecule has 2 heterocycles. The van der Waals surface area contributed by atoms with Crippen LogP contribution in [0, 0.1) is 0 Å². The zero-order chi connectivity index (χ0) is 17.2. The van der Waals surface area contributed by atoms with E-state index in [0.717, 1.165) is 21.1 Å².